The van der Waals surface area contributed by atoms with Crippen molar-refractivity contribution in [1.82, 2.24) is 0 Å². The lowest BCUT2D eigenvalue weighted by molar-refractivity contribution is 1.27. The number of nitrogen functional groups attached to an aromatic ring is 2. The Morgan fingerprint density at radius 1 is 0.824 bits per heavy atom. The molecule has 0 saturated carbocycles. The Balaban J connectivity index is 2.64. The van der Waals surface area contributed by atoms with Crippen molar-refractivity contribution in [2.45, 2.75) is 20.8 Å². The minimum Gasteiger partial charge on any atom is -0.399 e. The first-order chi connectivity index (χ1) is 7.99. The highest BCUT2D eigenvalue weighted by Gasteiger charge is 2.06. The van der Waals surface area contributed by atoms with Crippen LogP contribution in [0, 0.1) is 20.8 Å². The van der Waals surface area contributed by atoms with Gasteiger partial charge in [0.15, 0.2) is 0 Å². The van der Waals surface area contributed by atoms with E-state index in [1.165, 1.54) is 16.7 Å². The summed E-state index contributed by atoms with van der Waals surface area (Å²) in [6.45, 7) is 6.37. The molecule has 2 aromatic rings. The van der Waals surface area contributed by atoms with Crippen LogP contribution in [0.5, 0.6) is 0 Å². The van der Waals surface area contributed by atoms with E-state index in [9.17, 15) is 0 Å². The van der Waals surface area contributed by atoms with Gasteiger partial charge in [-0.3, -0.25) is 0 Å². The summed E-state index contributed by atoms with van der Waals surface area (Å²) < 4.78 is 0. The van der Waals surface area contributed by atoms with Crippen molar-refractivity contribution in [3.63, 3.8) is 0 Å². The van der Waals surface area contributed by atoms with E-state index in [4.69, 9.17) is 11.5 Å². The van der Waals surface area contributed by atoms with Crippen LogP contribution < -0.4 is 11.5 Å². The maximum absolute atomic E-state index is 6.00. The van der Waals surface area contributed by atoms with Crippen molar-refractivity contribution in [2.75, 3.05) is 11.5 Å². The van der Waals surface area contributed by atoms with E-state index < -0.39 is 0 Å². The van der Waals surface area contributed by atoms with Crippen LogP contribution in [0.2, 0.25) is 0 Å². The monoisotopic (exact) mass is 226 g/mol. The molecule has 0 amide bonds. The lowest BCUT2D eigenvalue weighted by atomic mass is 9.95. The van der Waals surface area contributed by atoms with Gasteiger partial charge in [0.1, 0.15) is 0 Å². The molecule has 0 fully saturated rings. The number of rotatable bonds is 1. The van der Waals surface area contributed by atoms with E-state index in [-0.39, 0.29) is 0 Å². The van der Waals surface area contributed by atoms with Crippen molar-refractivity contribution < 1.29 is 0 Å². The second-order valence-electron chi connectivity index (χ2n) is 4.58. The number of aryl methyl sites for hydroxylation is 2. The topological polar surface area (TPSA) is 52.0 Å². The Morgan fingerprint density at radius 2 is 1.41 bits per heavy atom. The number of benzene rings is 2. The SMILES string of the molecule is Cc1cc(-c2cc(N)ccc2N)cc(C)c1C. The predicted molar refractivity (Wildman–Crippen MR) is 74.9 cm³/mol. The third-order valence-corrected chi connectivity index (χ3v) is 3.32. The average molecular weight is 226 g/mol. The second kappa shape index (κ2) is 4.13. The second-order valence-corrected chi connectivity index (χ2v) is 4.58. The Morgan fingerprint density at radius 3 is 2.00 bits per heavy atom. The highest BCUT2D eigenvalue weighted by molar-refractivity contribution is 5.80. The van der Waals surface area contributed by atoms with Crippen LogP contribution in [0.4, 0.5) is 11.4 Å². The summed E-state index contributed by atoms with van der Waals surface area (Å²) in [4.78, 5) is 0. The molecular formula is C15H18N2. The standard InChI is InChI=1S/C15H18N2/c1-9-6-12(7-10(2)11(9)3)14-8-13(16)4-5-15(14)17/h4-8H,16-17H2,1-3H3. The first kappa shape index (κ1) is 11.5. The number of hydrogen-bond acceptors (Lipinski definition) is 2. The van der Waals surface area contributed by atoms with Crippen molar-refractivity contribution in [2.24, 2.45) is 0 Å². The van der Waals surface area contributed by atoms with Crippen LogP contribution in [0.1, 0.15) is 16.7 Å². The zero-order valence-corrected chi connectivity index (χ0v) is 10.5. The zero-order chi connectivity index (χ0) is 12.6. The van der Waals surface area contributed by atoms with E-state index >= 15 is 0 Å². The van der Waals surface area contributed by atoms with Gasteiger partial charge < -0.3 is 11.5 Å². The Hall–Kier alpha value is -1.96. The Kier molecular flexibility index (Phi) is 2.80. The van der Waals surface area contributed by atoms with Crippen LogP contribution >= 0.6 is 0 Å². The van der Waals surface area contributed by atoms with Gasteiger partial charge in [0.2, 0.25) is 0 Å². The molecule has 2 aromatic carbocycles. The molecule has 0 aliphatic carbocycles. The third-order valence-electron chi connectivity index (χ3n) is 3.32. The molecule has 2 rings (SSSR count). The molecule has 0 radical (unpaired) electrons. The number of nitrogens with two attached hydrogens (primary N) is 2. The lowest BCUT2D eigenvalue weighted by Crippen LogP contribution is -1.95. The van der Waals surface area contributed by atoms with Crippen LogP contribution in [0.3, 0.4) is 0 Å². The molecule has 0 bridgehead atoms. The van der Waals surface area contributed by atoms with E-state index in [0.717, 1.165) is 22.5 Å². The smallest absolute Gasteiger partial charge is 0.0395 e. The van der Waals surface area contributed by atoms with Crippen molar-refractivity contribution >= 4 is 11.4 Å². The summed E-state index contributed by atoms with van der Waals surface area (Å²) in [5.41, 5.74) is 19.4. The highest BCUT2D eigenvalue weighted by atomic mass is 14.6. The number of hydrogen-bond donors (Lipinski definition) is 2. The fraction of sp³-hybridized carbons (Fsp3) is 0.200. The van der Waals surface area contributed by atoms with Crippen molar-refractivity contribution in [3.8, 4) is 11.1 Å². The fourth-order valence-electron chi connectivity index (χ4n) is 2.02. The minimum atomic E-state index is 0.741. The average Bonchev–Trinajstić information content (AvgIpc) is 2.28. The molecule has 0 saturated heterocycles. The molecule has 0 aliphatic rings. The summed E-state index contributed by atoms with van der Waals surface area (Å²) >= 11 is 0. The third kappa shape index (κ3) is 2.11. The van der Waals surface area contributed by atoms with Crippen LogP contribution in [0.15, 0.2) is 30.3 Å². The van der Waals surface area contributed by atoms with Crippen LogP contribution in [-0.2, 0) is 0 Å². The van der Waals surface area contributed by atoms with E-state index in [2.05, 4.69) is 32.9 Å². The molecular weight excluding hydrogens is 208 g/mol. The molecule has 0 aromatic heterocycles. The normalized spacial score (nSPS) is 10.5. The van der Waals surface area contributed by atoms with Gasteiger partial charge in [-0.15, -0.1) is 0 Å². The van der Waals surface area contributed by atoms with Gasteiger partial charge in [-0.1, -0.05) is 12.1 Å². The maximum Gasteiger partial charge on any atom is 0.0395 e. The van der Waals surface area contributed by atoms with Crippen LogP contribution in [0.25, 0.3) is 11.1 Å². The summed E-state index contributed by atoms with van der Waals surface area (Å²) in [5.74, 6) is 0. The molecule has 0 atom stereocenters. The van der Waals surface area contributed by atoms with E-state index in [0.29, 0.717) is 0 Å². The molecule has 0 unspecified atom stereocenters. The fourth-order valence-corrected chi connectivity index (χ4v) is 2.02. The van der Waals surface area contributed by atoms with Gasteiger partial charge in [0.25, 0.3) is 0 Å². The van der Waals surface area contributed by atoms with E-state index in [1.807, 2.05) is 18.2 Å². The summed E-state index contributed by atoms with van der Waals surface area (Å²) in [5, 5.41) is 0. The van der Waals surface area contributed by atoms with Gasteiger partial charge in [-0.25, -0.2) is 0 Å². The first-order valence-corrected chi connectivity index (χ1v) is 5.72. The highest BCUT2D eigenvalue weighted by Crippen LogP contribution is 2.30. The molecule has 2 heteroatoms. The molecule has 4 N–H and O–H groups in total. The zero-order valence-electron chi connectivity index (χ0n) is 10.5. The summed E-state index contributed by atoms with van der Waals surface area (Å²) in [7, 11) is 0. The molecule has 17 heavy (non-hydrogen) atoms. The van der Waals surface area contributed by atoms with Gasteiger partial charge in [-0.05, 0) is 61.2 Å². The van der Waals surface area contributed by atoms with Crippen molar-refractivity contribution in [1.29, 1.82) is 0 Å². The predicted octanol–water partition coefficient (Wildman–Crippen LogP) is 3.44. The number of anilines is 2. The lowest BCUT2D eigenvalue weighted by Gasteiger charge is -2.11. The Labute approximate surface area is 102 Å². The minimum absolute atomic E-state index is 0.741. The van der Waals surface area contributed by atoms with Crippen LogP contribution in [-0.4, -0.2) is 0 Å². The first-order valence-electron chi connectivity index (χ1n) is 5.72. The van der Waals surface area contributed by atoms with Gasteiger partial charge in [-0.2, -0.15) is 0 Å². The quantitative estimate of drug-likeness (QED) is 0.732. The summed E-state index contributed by atoms with van der Waals surface area (Å²) in [6, 6.07) is 9.93. The molecule has 2 nitrogen and oxygen atoms in total. The van der Waals surface area contributed by atoms with Gasteiger partial charge >= 0.3 is 0 Å². The molecule has 0 heterocycles. The summed E-state index contributed by atoms with van der Waals surface area (Å²) in [6.07, 6.45) is 0. The maximum atomic E-state index is 6.00. The molecule has 0 aliphatic heterocycles. The van der Waals surface area contributed by atoms with Crippen molar-refractivity contribution in [3.05, 3.63) is 47.0 Å². The van der Waals surface area contributed by atoms with Gasteiger partial charge in [0.05, 0.1) is 0 Å². The van der Waals surface area contributed by atoms with E-state index in [1.54, 1.807) is 0 Å². The largest absolute Gasteiger partial charge is 0.399 e. The molecule has 88 valence electrons. The molecule has 0 spiro atoms. The van der Waals surface area contributed by atoms with Gasteiger partial charge in [0, 0.05) is 16.9 Å². The Bertz CT molecular complexity index is 548.